The van der Waals surface area contributed by atoms with Crippen molar-refractivity contribution in [2.45, 2.75) is 32.6 Å². The molecule has 2 heteroatoms. The molecule has 0 saturated heterocycles. The molecule has 0 aromatic heterocycles. The second kappa shape index (κ2) is 7.22. The first-order valence-corrected chi connectivity index (χ1v) is 6.59. The van der Waals surface area contributed by atoms with Gasteiger partial charge in [0, 0.05) is 6.54 Å². The summed E-state index contributed by atoms with van der Waals surface area (Å²) in [6.45, 7) is 12.9. The van der Waals surface area contributed by atoms with Gasteiger partial charge >= 0.3 is 0 Å². The van der Waals surface area contributed by atoms with E-state index in [0.717, 1.165) is 31.9 Å². The molecule has 0 aliphatic rings. The lowest BCUT2D eigenvalue weighted by Crippen LogP contribution is -2.18. The van der Waals surface area contributed by atoms with E-state index in [9.17, 15) is 0 Å². The molecule has 0 radical (unpaired) electrons. The highest BCUT2D eigenvalue weighted by Gasteiger charge is 2.17. The second-order valence-corrected chi connectivity index (χ2v) is 5.44. The molecule has 0 atom stereocenters. The fourth-order valence-corrected chi connectivity index (χ4v) is 1.80. The Morgan fingerprint density at radius 3 is 2.67 bits per heavy atom. The summed E-state index contributed by atoms with van der Waals surface area (Å²) in [4.78, 5) is 0. The smallest absolute Gasteiger partial charge is 0.123 e. The zero-order valence-corrected chi connectivity index (χ0v) is 11.8. The van der Waals surface area contributed by atoms with E-state index >= 15 is 0 Å². The van der Waals surface area contributed by atoms with E-state index in [0.29, 0.717) is 0 Å². The first kappa shape index (κ1) is 14.8. The molecule has 2 nitrogen and oxygen atoms in total. The van der Waals surface area contributed by atoms with Crippen LogP contribution in [0.3, 0.4) is 0 Å². The van der Waals surface area contributed by atoms with Gasteiger partial charge in [0.15, 0.2) is 0 Å². The van der Waals surface area contributed by atoms with E-state index in [2.05, 4.69) is 50.9 Å². The third kappa shape index (κ3) is 4.92. The van der Waals surface area contributed by atoms with E-state index in [1.165, 1.54) is 5.56 Å². The molecule has 0 saturated carbocycles. The minimum Gasteiger partial charge on any atom is -0.493 e. The summed E-state index contributed by atoms with van der Waals surface area (Å²) in [7, 11) is 0. The number of para-hydroxylation sites is 1. The number of benzene rings is 1. The van der Waals surface area contributed by atoms with Gasteiger partial charge in [0.25, 0.3) is 0 Å². The number of hydrogen-bond acceptors (Lipinski definition) is 2. The Labute approximate surface area is 111 Å². The number of ether oxygens (including phenoxy) is 1. The van der Waals surface area contributed by atoms with Crippen LogP contribution in [0.4, 0.5) is 0 Å². The minimum atomic E-state index is 0.123. The summed E-state index contributed by atoms with van der Waals surface area (Å²) in [6.07, 6.45) is 2.88. The van der Waals surface area contributed by atoms with Gasteiger partial charge in [-0.3, -0.25) is 0 Å². The molecule has 0 aliphatic carbocycles. The van der Waals surface area contributed by atoms with Gasteiger partial charge < -0.3 is 10.1 Å². The summed E-state index contributed by atoms with van der Waals surface area (Å²) in [5.74, 6) is 1.01. The molecule has 0 amide bonds. The summed E-state index contributed by atoms with van der Waals surface area (Å²) in [5.41, 5.74) is 1.39. The van der Waals surface area contributed by atoms with Crippen LogP contribution in [-0.2, 0) is 5.41 Å². The van der Waals surface area contributed by atoms with Gasteiger partial charge in [-0.2, -0.15) is 0 Å². The zero-order chi connectivity index (χ0) is 13.4. The van der Waals surface area contributed by atoms with Crippen LogP contribution < -0.4 is 10.1 Å². The van der Waals surface area contributed by atoms with Crippen LogP contribution in [0.5, 0.6) is 5.75 Å². The molecule has 0 bridgehead atoms. The van der Waals surface area contributed by atoms with E-state index in [4.69, 9.17) is 4.74 Å². The molecular weight excluding hydrogens is 222 g/mol. The topological polar surface area (TPSA) is 21.3 Å². The maximum atomic E-state index is 5.88. The highest BCUT2D eigenvalue weighted by Crippen LogP contribution is 2.30. The minimum absolute atomic E-state index is 0.123. The van der Waals surface area contributed by atoms with Crippen molar-refractivity contribution in [3.05, 3.63) is 42.5 Å². The Morgan fingerprint density at radius 1 is 1.28 bits per heavy atom. The standard InChI is InChI=1S/C16H25NO/c1-5-11-17-12-8-13-18-15-10-7-6-9-14(15)16(2,3)4/h5-7,9-10,17H,1,8,11-13H2,2-4H3. The Hall–Kier alpha value is -1.28. The molecule has 0 unspecified atom stereocenters. The first-order chi connectivity index (χ1) is 8.55. The van der Waals surface area contributed by atoms with Crippen LogP contribution in [0, 0.1) is 0 Å². The fraction of sp³-hybridized carbons (Fsp3) is 0.500. The Balaban J connectivity index is 2.45. The van der Waals surface area contributed by atoms with Gasteiger partial charge in [0.05, 0.1) is 6.61 Å². The average molecular weight is 247 g/mol. The van der Waals surface area contributed by atoms with Crippen molar-refractivity contribution in [1.82, 2.24) is 5.32 Å². The maximum absolute atomic E-state index is 5.88. The summed E-state index contributed by atoms with van der Waals surface area (Å²) in [5, 5.41) is 3.27. The van der Waals surface area contributed by atoms with Crippen molar-refractivity contribution < 1.29 is 4.74 Å². The molecular formula is C16H25NO. The molecule has 0 fully saturated rings. The van der Waals surface area contributed by atoms with Crippen molar-refractivity contribution in [2.24, 2.45) is 0 Å². The highest BCUT2D eigenvalue weighted by atomic mass is 16.5. The van der Waals surface area contributed by atoms with Gasteiger partial charge in [-0.05, 0) is 30.0 Å². The number of hydrogen-bond donors (Lipinski definition) is 1. The van der Waals surface area contributed by atoms with Crippen LogP contribution in [0.25, 0.3) is 0 Å². The van der Waals surface area contributed by atoms with Gasteiger partial charge in [0.2, 0.25) is 0 Å². The van der Waals surface area contributed by atoms with Crippen LogP contribution in [0.15, 0.2) is 36.9 Å². The van der Waals surface area contributed by atoms with Gasteiger partial charge in [-0.15, -0.1) is 6.58 Å². The maximum Gasteiger partial charge on any atom is 0.123 e. The molecule has 0 heterocycles. The largest absolute Gasteiger partial charge is 0.493 e. The third-order valence-corrected chi connectivity index (χ3v) is 2.74. The third-order valence-electron chi connectivity index (χ3n) is 2.74. The molecule has 1 N–H and O–H groups in total. The van der Waals surface area contributed by atoms with Crippen molar-refractivity contribution in [1.29, 1.82) is 0 Å². The monoisotopic (exact) mass is 247 g/mol. The number of nitrogens with one attached hydrogen (secondary N) is 1. The fourth-order valence-electron chi connectivity index (χ4n) is 1.80. The lowest BCUT2D eigenvalue weighted by Gasteiger charge is -2.22. The molecule has 0 spiro atoms. The van der Waals surface area contributed by atoms with Gasteiger partial charge in [-0.1, -0.05) is 45.0 Å². The Morgan fingerprint density at radius 2 is 2.00 bits per heavy atom. The molecule has 0 aliphatic heterocycles. The normalized spacial score (nSPS) is 11.3. The van der Waals surface area contributed by atoms with Crippen LogP contribution in [-0.4, -0.2) is 19.7 Å². The SMILES string of the molecule is C=CCNCCCOc1ccccc1C(C)(C)C. The summed E-state index contributed by atoms with van der Waals surface area (Å²) >= 11 is 0. The van der Waals surface area contributed by atoms with Crippen molar-refractivity contribution in [3.8, 4) is 5.75 Å². The predicted molar refractivity (Wildman–Crippen MR) is 78.3 cm³/mol. The molecule has 1 aromatic rings. The van der Waals surface area contributed by atoms with Crippen LogP contribution >= 0.6 is 0 Å². The Bertz CT molecular complexity index is 366. The molecule has 100 valence electrons. The highest BCUT2D eigenvalue weighted by molar-refractivity contribution is 5.38. The summed E-state index contributed by atoms with van der Waals surface area (Å²) in [6, 6.07) is 8.29. The van der Waals surface area contributed by atoms with E-state index < -0.39 is 0 Å². The van der Waals surface area contributed by atoms with Crippen molar-refractivity contribution in [3.63, 3.8) is 0 Å². The van der Waals surface area contributed by atoms with Gasteiger partial charge in [-0.25, -0.2) is 0 Å². The zero-order valence-electron chi connectivity index (χ0n) is 11.8. The van der Waals surface area contributed by atoms with Crippen LogP contribution in [0.2, 0.25) is 0 Å². The first-order valence-electron chi connectivity index (χ1n) is 6.59. The quantitative estimate of drug-likeness (QED) is 0.588. The average Bonchev–Trinajstić information content (AvgIpc) is 2.33. The van der Waals surface area contributed by atoms with E-state index in [1.54, 1.807) is 0 Å². The predicted octanol–water partition coefficient (Wildman–Crippen LogP) is 3.53. The van der Waals surface area contributed by atoms with Crippen LogP contribution in [0.1, 0.15) is 32.8 Å². The van der Waals surface area contributed by atoms with E-state index in [-0.39, 0.29) is 5.41 Å². The van der Waals surface area contributed by atoms with Crippen molar-refractivity contribution in [2.75, 3.05) is 19.7 Å². The lowest BCUT2D eigenvalue weighted by atomic mass is 9.86. The molecule has 1 aromatic carbocycles. The Kier molecular flexibility index (Phi) is 5.93. The molecule has 1 rings (SSSR count). The second-order valence-electron chi connectivity index (χ2n) is 5.44. The van der Waals surface area contributed by atoms with Crippen molar-refractivity contribution >= 4 is 0 Å². The lowest BCUT2D eigenvalue weighted by molar-refractivity contribution is 0.301. The summed E-state index contributed by atoms with van der Waals surface area (Å²) < 4.78 is 5.88. The van der Waals surface area contributed by atoms with E-state index in [1.807, 2.05) is 12.1 Å². The van der Waals surface area contributed by atoms with Gasteiger partial charge in [0.1, 0.15) is 5.75 Å². The molecule has 18 heavy (non-hydrogen) atoms. The number of rotatable bonds is 7.